The first kappa shape index (κ1) is 18.2. The maximum Gasteiger partial charge on any atom is 0.336 e. The molecule has 2 saturated heterocycles. The molecular formula is C21H26N2O4. The van der Waals surface area contributed by atoms with Crippen molar-refractivity contribution in [3.05, 3.63) is 45.3 Å². The van der Waals surface area contributed by atoms with Gasteiger partial charge in [-0.15, -0.1) is 0 Å². The molecule has 2 aromatic rings. The van der Waals surface area contributed by atoms with Gasteiger partial charge in [0.2, 0.25) is 5.91 Å². The first-order valence-corrected chi connectivity index (χ1v) is 9.59. The highest BCUT2D eigenvalue weighted by Crippen LogP contribution is 2.39. The Morgan fingerprint density at radius 1 is 1.19 bits per heavy atom. The predicted molar refractivity (Wildman–Crippen MR) is 103 cm³/mol. The highest BCUT2D eigenvalue weighted by atomic mass is 16.4. The van der Waals surface area contributed by atoms with E-state index in [-0.39, 0.29) is 11.5 Å². The zero-order valence-corrected chi connectivity index (χ0v) is 15.9. The van der Waals surface area contributed by atoms with E-state index in [0.29, 0.717) is 25.1 Å². The summed E-state index contributed by atoms with van der Waals surface area (Å²) in [6.07, 6.45) is 1.55. The molecule has 144 valence electrons. The molecule has 1 spiro atoms. The molecule has 0 bridgehead atoms. The van der Waals surface area contributed by atoms with Crippen molar-refractivity contribution in [1.29, 1.82) is 0 Å². The van der Waals surface area contributed by atoms with Crippen molar-refractivity contribution in [2.75, 3.05) is 19.6 Å². The molecule has 1 aromatic heterocycles. The third kappa shape index (κ3) is 3.39. The summed E-state index contributed by atoms with van der Waals surface area (Å²) in [6.45, 7) is 6.62. The number of carbonyl (C=O) groups excluding carboxylic acids is 1. The third-order valence-corrected chi connectivity index (χ3v) is 6.26. The smallest absolute Gasteiger partial charge is 0.336 e. The molecule has 1 unspecified atom stereocenters. The lowest BCUT2D eigenvalue weighted by Crippen LogP contribution is -2.55. The van der Waals surface area contributed by atoms with Gasteiger partial charge in [0.15, 0.2) is 0 Å². The Kier molecular flexibility index (Phi) is 4.56. The summed E-state index contributed by atoms with van der Waals surface area (Å²) in [6, 6.07) is 5.59. The number of aliphatic hydroxyl groups excluding tert-OH is 1. The Bertz CT molecular complexity index is 941. The predicted octanol–water partition coefficient (Wildman–Crippen LogP) is 1.87. The van der Waals surface area contributed by atoms with Crippen LogP contribution in [0.5, 0.6) is 0 Å². The average Bonchev–Trinajstić information content (AvgIpc) is 2.62. The third-order valence-electron chi connectivity index (χ3n) is 6.26. The van der Waals surface area contributed by atoms with Gasteiger partial charge in [0.25, 0.3) is 0 Å². The number of aryl methyl sites for hydroxylation is 2. The van der Waals surface area contributed by atoms with Gasteiger partial charge in [-0.1, -0.05) is 0 Å². The molecule has 1 amide bonds. The van der Waals surface area contributed by atoms with Crippen molar-refractivity contribution >= 4 is 16.9 Å². The number of hydrogen-bond acceptors (Lipinski definition) is 5. The van der Waals surface area contributed by atoms with Gasteiger partial charge in [0.05, 0.1) is 11.5 Å². The molecule has 6 heteroatoms. The van der Waals surface area contributed by atoms with Crippen LogP contribution in [0.25, 0.3) is 11.0 Å². The van der Waals surface area contributed by atoms with E-state index in [1.807, 2.05) is 13.0 Å². The Morgan fingerprint density at radius 3 is 2.63 bits per heavy atom. The van der Waals surface area contributed by atoms with E-state index in [1.54, 1.807) is 6.07 Å². The first-order chi connectivity index (χ1) is 12.9. The van der Waals surface area contributed by atoms with Crippen LogP contribution in [0.4, 0.5) is 0 Å². The Labute approximate surface area is 158 Å². The first-order valence-electron chi connectivity index (χ1n) is 9.59. The molecule has 27 heavy (non-hydrogen) atoms. The van der Waals surface area contributed by atoms with Crippen molar-refractivity contribution in [3.63, 3.8) is 0 Å². The maximum absolute atomic E-state index is 12.4. The molecule has 6 nitrogen and oxygen atoms in total. The van der Waals surface area contributed by atoms with Crippen LogP contribution < -0.4 is 10.9 Å². The van der Waals surface area contributed by atoms with Crippen LogP contribution in [0.1, 0.15) is 36.0 Å². The monoisotopic (exact) mass is 370 g/mol. The molecule has 2 aliphatic heterocycles. The number of benzene rings is 1. The maximum atomic E-state index is 12.4. The summed E-state index contributed by atoms with van der Waals surface area (Å²) in [5.41, 5.74) is 3.09. The SMILES string of the molecule is Cc1cc2oc(=O)cc(CN3CCC4(CC3)CC(O)CNC4=O)c2cc1C. The number of piperidine rings is 2. The Balaban J connectivity index is 1.55. The van der Waals surface area contributed by atoms with Crippen LogP contribution >= 0.6 is 0 Å². The highest BCUT2D eigenvalue weighted by molar-refractivity contribution is 5.84. The minimum Gasteiger partial charge on any atom is -0.423 e. The second-order valence-corrected chi connectivity index (χ2v) is 8.15. The molecule has 0 aliphatic carbocycles. The summed E-state index contributed by atoms with van der Waals surface area (Å²) in [7, 11) is 0. The number of rotatable bonds is 2. The normalized spacial score (nSPS) is 22.9. The summed E-state index contributed by atoms with van der Waals surface area (Å²) in [4.78, 5) is 26.7. The largest absolute Gasteiger partial charge is 0.423 e. The number of fused-ring (bicyclic) bond motifs is 1. The lowest BCUT2D eigenvalue weighted by molar-refractivity contribution is -0.141. The van der Waals surface area contributed by atoms with Gasteiger partial charge >= 0.3 is 5.63 Å². The van der Waals surface area contributed by atoms with Gasteiger partial charge in [0, 0.05) is 24.5 Å². The van der Waals surface area contributed by atoms with Crippen LogP contribution in [-0.2, 0) is 11.3 Å². The second-order valence-electron chi connectivity index (χ2n) is 8.15. The minimum atomic E-state index is -0.455. The Morgan fingerprint density at radius 2 is 1.89 bits per heavy atom. The van der Waals surface area contributed by atoms with Crippen LogP contribution in [0.2, 0.25) is 0 Å². The Hall–Kier alpha value is -2.18. The number of aliphatic hydroxyl groups is 1. The molecule has 1 aromatic carbocycles. The quantitative estimate of drug-likeness (QED) is 0.789. The van der Waals surface area contributed by atoms with E-state index in [4.69, 9.17) is 4.42 Å². The van der Waals surface area contributed by atoms with E-state index in [0.717, 1.165) is 42.4 Å². The molecule has 0 saturated carbocycles. The van der Waals surface area contributed by atoms with E-state index in [9.17, 15) is 14.7 Å². The molecule has 2 N–H and O–H groups in total. The number of likely N-dealkylation sites (tertiary alicyclic amines) is 1. The fourth-order valence-corrected chi connectivity index (χ4v) is 4.44. The molecular weight excluding hydrogens is 344 g/mol. The van der Waals surface area contributed by atoms with E-state index < -0.39 is 11.5 Å². The second kappa shape index (κ2) is 6.77. The van der Waals surface area contributed by atoms with E-state index >= 15 is 0 Å². The summed E-state index contributed by atoms with van der Waals surface area (Å²) < 4.78 is 5.39. The summed E-state index contributed by atoms with van der Waals surface area (Å²) in [5, 5.41) is 13.8. The van der Waals surface area contributed by atoms with Gasteiger partial charge in [-0.05, 0) is 75.0 Å². The molecule has 2 aliphatic rings. The molecule has 3 heterocycles. The summed E-state index contributed by atoms with van der Waals surface area (Å²) in [5.74, 6) is 0.0735. The number of amides is 1. The van der Waals surface area contributed by atoms with Crippen molar-refractivity contribution in [2.45, 2.75) is 45.8 Å². The van der Waals surface area contributed by atoms with E-state index in [2.05, 4.69) is 23.2 Å². The van der Waals surface area contributed by atoms with Crippen molar-refractivity contribution < 1.29 is 14.3 Å². The van der Waals surface area contributed by atoms with Crippen molar-refractivity contribution in [1.82, 2.24) is 10.2 Å². The average molecular weight is 370 g/mol. The fraction of sp³-hybridized carbons (Fsp3) is 0.524. The van der Waals surface area contributed by atoms with Crippen molar-refractivity contribution in [3.8, 4) is 0 Å². The van der Waals surface area contributed by atoms with Gasteiger partial charge in [0.1, 0.15) is 5.58 Å². The zero-order chi connectivity index (χ0) is 19.2. The molecule has 2 fully saturated rings. The van der Waals surface area contributed by atoms with Crippen LogP contribution in [0, 0.1) is 19.3 Å². The fourth-order valence-electron chi connectivity index (χ4n) is 4.44. The number of β-amino-alcohol motifs (C(OH)–C–C–N with tert-alkyl or cyclic N) is 1. The number of hydrogen-bond donors (Lipinski definition) is 2. The number of carbonyl (C=O) groups is 1. The molecule has 1 atom stereocenters. The lowest BCUT2D eigenvalue weighted by atomic mass is 9.71. The lowest BCUT2D eigenvalue weighted by Gasteiger charge is -2.44. The van der Waals surface area contributed by atoms with Gasteiger partial charge in [-0.2, -0.15) is 0 Å². The van der Waals surface area contributed by atoms with Gasteiger partial charge < -0.3 is 14.8 Å². The highest BCUT2D eigenvalue weighted by Gasteiger charge is 2.45. The minimum absolute atomic E-state index is 0.0735. The zero-order valence-electron chi connectivity index (χ0n) is 15.9. The van der Waals surface area contributed by atoms with Crippen LogP contribution in [0.3, 0.4) is 0 Å². The van der Waals surface area contributed by atoms with Gasteiger partial charge in [-0.25, -0.2) is 4.79 Å². The molecule has 0 radical (unpaired) electrons. The van der Waals surface area contributed by atoms with Crippen molar-refractivity contribution in [2.24, 2.45) is 5.41 Å². The summed E-state index contributed by atoms with van der Waals surface area (Å²) >= 11 is 0. The number of nitrogens with zero attached hydrogens (tertiary/aromatic N) is 1. The van der Waals surface area contributed by atoms with E-state index in [1.165, 1.54) is 5.56 Å². The van der Waals surface area contributed by atoms with Crippen LogP contribution in [-0.4, -0.2) is 41.7 Å². The van der Waals surface area contributed by atoms with Crippen LogP contribution in [0.15, 0.2) is 27.4 Å². The standard InChI is InChI=1S/C21H26N2O4/c1-13-7-17-15(9-19(25)27-18(17)8-14(13)2)12-23-5-3-21(4-6-23)10-16(24)11-22-20(21)26/h7-9,16,24H,3-6,10-12H2,1-2H3,(H,22,26). The number of nitrogens with one attached hydrogen (secondary N) is 1. The topological polar surface area (TPSA) is 82.8 Å². The van der Waals surface area contributed by atoms with Gasteiger partial charge in [-0.3, -0.25) is 9.69 Å². The molecule has 4 rings (SSSR count).